The summed E-state index contributed by atoms with van der Waals surface area (Å²) in [5.74, 6) is -6.02. The number of carbonyl (C=O) groups is 3. The molecular formula is C17H25F3N2O4. The second-order valence-corrected chi connectivity index (χ2v) is 7.34. The molecule has 9 heteroatoms. The Morgan fingerprint density at radius 3 is 2.27 bits per heavy atom. The third kappa shape index (κ3) is 5.11. The molecule has 1 unspecified atom stereocenters. The highest BCUT2D eigenvalue weighted by molar-refractivity contribution is 5.82. The van der Waals surface area contributed by atoms with E-state index >= 15 is 0 Å². The molecule has 0 spiro atoms. The fourth-order valence-corrected chi connectivity index (χ4v) is 3.76. The zero-order valence-electron chi connectivity index (χ0n) is 14.7. The van der Waals surface area contributed by atoms with Crippen molar-refractivity contribution in [1.29, 1.82) is 0 Å². The fourth-order valence-electron chi connectivity index (χ4n) is 3.76. The average Bonchev–Trinajstić information content (AvgIpc) is 3.01. The number of aliphatic carboxylic acids is 1. The zero-order chi connectivity index (χ0) is 19.5. The van der Waals surface area contributed by atoms with E-state index in [4.69, 9.17) is 5.11 Å². The van der Waals surface area contributed by atoms with Gasteiger partial charge in [0.05, 0.1) is 11.8 Å². The Morgan fingerprint density at radius 1 is 1.15 bits per heavy atom. The zero-order valence-corrected chi connectivity index (χ0v) is 14.7. The third-order valence-corrected chi connectivity index (χ3v) is 5.26. The minimum absolute atomic E-state index is 0.0703. The molecule has 2 aliphatic rings. The van der Waals surface area contributed by atoms with E-state index in [0.29, 0.717) is 0 Å². The van der Waals surface area contributed by atoms with Crippen LogP contribution < -0.4 is 5.32 Å². The van der Waals surface area contributed by atoms with Crippen molar-refractivity contribution >= 4 is 17.8 Å². The second kappa shape index (κ2) is 8.26. The highest BCUT2D eigenvalue weighted by atomic mass is 19.4. The largest absolute Gasteiger partial charge is 0.481 e. The van der Waals surface area contributed by atoms with Crippen LogP contribution in [0.2, 0.25) is 0 Å². The summed E-state index contributed by atoms with van der Waals surface area (Å²) in [6.07, 6.45) is -0.0896. The van der Waals surface area contributed by atoms with Crippen LogP contribution in [0, 0.1) is 17.8 Å². The Hall–Kier alpha value is -1.80. The van der Waals surface area contributed by atoms with Crippen LogP contribution in [0.25, 0.3) is 0 Å². The minimum Gasteiger partial charge on any atom is -0.481 e. The third-order valence-electron chi connectivity index (χ3n) is 5.26. The quantitative estimate of drug-likeness (QED) is 0.768. The van der Waals surface area contributed by atoms with Crippen molar-refractivity contribution in [2.24, 2.45) is 17.8 Å². The lowest BCUT2D eigenvalue weighted by Gasteiger charge is -2.24. The molecule has 148 valence electrons. The molecule has 0 bridgehead atoms. The molecule has 0 radical (unpaired) electrons. The van der Waals surface area contributed by atoms with Gasteiger partial charge in [-0.05, 0) is 19.8 Å². The molecule has 6 nitrogen and oxygen atoms in total. The highest BCUT2D eigenvalue weighted by Crippen LogP contribution is 2.38. The summed E-state index contributed by atoms with van der Waals surface area (Å²) in [6.45, 7) is 0.523. The number of nitrogens with zero attached hydrogens (tertiary/aromatic N) is 1. The van der Waals surface area contributed by atoms with Crippen LogP contribution in [0.5, 0.6) is 0 Å². The number of carboxylic acids is 1. The number of amides is 2. The smallest absolute Gasteiger partial charge is 0.394 e. The van der Waals surface area contributed by atoms with Crippen LogP contribution in [-0.4, -0.2) is 53.1 Å². The number of halogens is 3. The van der Waals surface area contributed by atoms with Gasteiger partial charge in [0.1, 0.15) is 0 Å². The van der Waals surface area contributed by atoms with E-state index in [1.54, 1.807) is 6.92 Å². The van der Waals surface area contributed by atoms with Gasteiger partial charge in [0.15, 0.2) is 0 Å². The van der Waals surface area contributed by atoms with Crippen LogP contribution in [-0.2, 0) is 14.4 Å². The van der Waals surface area contributed by atoms with E-state index in [-0.39, 0.29) is 18.2 Å². The van der Waals surface area contributed by atoms with Gasteiger partial charge in [0.2, 0.25) is 11.8 Å². The van der Waals surface area contributed by atoms with Gasteiger partial charge >= 0.3 is 12.1 Å². The molecule has 2 fully saturated rings. The second-order valence-electron chi connectivity index (χ2n) is 7.34. The number of rotatable bonds is 5. The number of hydrogen-bond acceptors (Lipinski definition) is 3. The number of hydrogen-bond donors (Lipinski definition) is 2. The lowest BCUT2D eigenvalue weighted by Crippen LogP contribution is -2.41. The predicted octanol–water partition coefficient (Wildman–Crippen LogP) is 2.18. The summed E-state index contributed by atoms with van der Waals surface area (Å²) in [5.41, 5.74) is 0. The van der Waals surface area contributed by atoms with E-state index < -0.39 is 49.0 Å². The van der Waals surface area contributed by atoms with Gasteiger partial charge in [-0.15, -0.1) is 0 Å². The van der Waals surface area contributed by atoms with Crippen molar-refractivity contribution in [3.8, 4) is 0 Å². The SMILES string of the molecule is CC(CC(=O)N1C[C@@H](C(F)(F)F)[C@H](C(=O)O)C1)NC(=O)C1CCCCC1. The first-order chi connectivity index (χ1) is 12.1. The lowest BCUT2D eigenvalue weighted by atomic mass is 9.88. The molecule has 1 aliphatic heterocycles. The van der Waals surface area contributed by atoms with Crippen molar-refractivity contribution in [3.63, 3.8) is 0 Å². The van der Waals surface area contributed by atoms with Gasteiger partial charge in [-0.1, -0.05) is 19.3 Å². The summed E-state index contributed by atoms with van der Waals surface area (Å²) in [5, 5.41) is 11.8. The topological polar surface area (TPSA) is 86.7 Å². The van der Waals surface area contributed by atoms with E-state index in [1.165, 1.54) is 0 Å². The van der Waals surface area contributed by atoms with Crippen molar-refractivity contribution in [2.75, 3.05) is 13.1 Å². The number of nitrogens with one attached hydrogen (secondary N) is 1. The first-order valence-corrected chi connectivity index (χ1v) is 8.97. The maximum Gasteiger partial charge on any atom is 0.394 e. The molecule has 2 amide bonds. The van der Waals surface area contributed by atoms with Gasteiger partial charge in [0, 0.05) is 31.5 Å². The minimum atomic E-state index is -4.67. The van der Waals surface area contributed by atoms with Crippen LogP contribution >= 0.6 is 0 Å². The van der Waals surface area contributed by atoms with Gasteiger partial charge < -0.3 is 15.3 Å². The fraction of sp³-hybridized carbons (Fsp3) is 0.824. The molecule has 2 rings (SSSR count). The van der Waals surface area contributed by atoms with Crippen molar-refractivity contribution in [3.05, 3.63) is 0 Å². The van der Waals surface area contributed by atoms with Gasteiger partial charge in [0.25, 0.3) is 0 Å². The normalized spacial score (nSPS) is 25.8. The van der Waals surface area contributed by atoms with E-state index in [1.807, 2.05) is 0 Å². The Bertz CT molecular complexity index is 547. The van der Waals surface area contributed by atoms with Gasteiger partial charge in [-0.25, -0.2) is 0 Å². The van der Waals surface area contributed by atoms with Gasteiger partial charge in [-0.2, -0.15) is 13.2 Å². The van der Waals surface area contributed by atoms with E-state index in [0.717, 1.165) is 37.0 Å². The standard InChI is InChI=1S/C17H25F3N2O4/c1-10(21-15(24)11-5-3-2-4-6-11)7-14(23)22-8-12(16(25)26)13(9-22)17(18,19)20/h10-13H,2-9H2,1H3,(H,21,24)(H,25,26)/t10?,12-,13-/m1/s1. The number of alkyl halides is 3. The number of carbonyl (C=O) groups excluding carboxylic acids is 2. The van der Waals surface area contributed by atoms with E-state index in [9.17, 15) is 27.6 Å². The van der Waals surface area contributed by atoms with E-state index in [2.05, 4.69) is 5.32 Å². The van der Waals surface area contributed by atoms with Gasteiger partial charge in [-0.3, -0.25) is 14.4 Å². The summed E-state index contributed by atoms with van der Waals surface area (Å²) < 4.78 is 39.0. The molecular weight excluding hydrogens is 353 g/mol. The maximum absolute atomic E-state index is 13.0. The van der Waals surface area contributed by atoms with Crippen LogP contribution in [0.4, 0.5) is 13.2 Å². The Balaban J connectivity index is 1.88. The predicted molar refractivity (Wildman–Crippen MR) is 86.0 cm³/mol. The molecule has 0 aromatic carbocycles. The average molecular weight is 378 g/mol. The lowest BCUT2D eigenvalue weighted by molar-refractivity contribution is -0.188. The molecule has 1 heterocycles. The van der Waals surface area contributed by atoms with Crippen LogP contribution in [0.1, 0.15) is 45.4 Å². The number of likely N-dealkylation sites (tertiary alicyclic amines) is 1. The summed E-state index contributed by atoms with van der Waals surface area (Å²) in [4.78, 5) is 36.5. The summed E-state index contributed by atoms with van der Waals surface area (Å²) >= 11 is 0. The summed E-state index contributed by atoms with van der Waals surface area (Å²) in [6, 6.07) is -0.509. The molecule has 1 saturated heterocycles. The maximum atomic E-state index is 13.0. The number of carboxylic acid groups (broad SMARTS) is 1. The molecule has 0 aromatic rings. The highest BCUT2D eigenvalue weighted by Gasteiger charge is 2.53. The Labute approximate surface area is 150 Å². The molecule has 0 aromatic heterocycles. The molecule has 1 saturated carbocycles. The van der Waals surface area contributed by atoms with Crippen molar-refractivity contribution in [2.45, 2.75) is 57.7 Å². The molecule has 2 N–H and O–H groups in total. The van der Waals surface area contributed by atoms with Crippen molar-refractivity contribution < 1.29 is 32.7 Å². The first kappa shape index (κ1) is 20.5. The first-order valence-electron chi connectivity index (χ1n) is 8.97. The molecule has 3 atom stereocenters. The molecule has 26 heavy (non-hydrogen) atoms. The van der Waals surface area contributed by atoms with Crippen LogP contribution in [0.3, 0.4) is 0 Å². The van der Waals surface area contributed by atoms with Crippen LogP contribution in [0.15, 0.2) is 0 Å². The summed E-state index contributed by atoms with van der Waals surface area (Å²) in [7, 11) is 0. The monoisotopic (exact) mass is 378 g/mol. The Kier molecular flexibility index (Phi) is 6.52. The molecule has 1 aliphatic carbocycles. The van der Waals surface area contributed by atoms with Crippen molar-refractivity contribution in [1.82, 2.24) is 10.2 Å². The Morgan fingerprint density at radius 2 is 1.77 bits per heavy atom.